The van der Waals surface area contributed by atoms with Crippen LogP contribution in [0.1, 0.15) is 39.0 Å². The first-order valence-corrected chi connectivity index (χ1v) is 10.0. The van der Waals surface area contributed by atoms with Gasteiger partial charge in [-0.2, -0.15) is 0 Å². The van der Waals surface area contributed by atoms with Crippen LogP contribution in [0.4, 0.5) is 5.82 Å². The Morgan fingerprint density at radius 1 is 1.19 bits per heavy atom. The highest BCUT2D eigenvalue weighted by Crippen LogP contribution is 2.12. The molecule has 1 fully saturated rings. The summed E-state index contributed by atoms with van der Waals surface area (Å²) in [5.41, 5.74) is 0. The number of unbranched alkanes of at least 4 members (excludes halogenated alkanes) is 3. The highest BCUT2D eigenvalue weighted by Gasteiger charge is 2.20. The number of nitrogens with zero attached hydrogens (tertiary/aromatic N) is 4. The summed E-state index contributed by atoms with van der Waals surface area (Å²) in [6.45, 7) is 7.60. The van der Waals surface area contributed by atoms with E-state index in [9.17, 15) is 4.79 Å². The molecule has 2 rings (SSSR count). The van der Waals surface area contributed by atoms with Gasteiger partial charge in [0.2, 0.25) is 0 Å². The van der Waals surface area contributed by atoms with Crippen LogP contribution < -0.4 is 10.2 Å². The third kappa shape index (κ3) is 7.45. The Balaban J connectivity index is 1.71. The lowest BCUT2D eigenvalue weighted by atomic mass is 10.1. The number of aliphatic imine (C=N–C) groups is 1. The lowest BCUT2D eigenvalue weighted by molar-refractivity contribution is -0.140. The molecule has 0 aliphatic carbocycles. The Morgan fingerprint density at radius 3 is 2.63 bits per heavy atom. The molecule has 0 spiro atoms. The first-order chi connectivity index (χ1) is 13.2. The lowest BCUT2D eigenvalue weighted by Crippen LogP contribution is -2.52. The summed E-state index contributed by atoms with van der Waals surface area (Å²) < 4.78 is 4.66. The monoisotopic (exact) mass is 375 g/mol. The normalized spacial score (nSPS) is 15.0. The number of anilines is 1. The molecule has 1 N–H and O–H groups in total. The molecule has 2 heterocycles. The molecule has 0 radical (unpaired) electrons. The summed E-state index contributed by atoms with van der Waals surface area (Å²) >= 11 is 0. The van der Waals surface area contributed by atoms with Crippen LogP contribution in [0.5, 0.6) is 0 Å². The van der Waals surface area contributed by atoms with E-state index in [4.69, 9.17) is 4.99 Å². The number of hydrogen-bond acceptors (Lipinski definition) is 5. The van der Waals surface area contributed by atoms with E-state index in [1.54, 1.807) is 0 Å². The molecule has 1 aromatic rings. The third-order valence-corrected chi connectivity index (χ3v) is 4.67. The minimum Gasteiger partial charge on any atom is -0.469 e. The van der Waals surface area contributed by atoms with E-state index < -0.39 is 0 Å². The molecule has 7 nitrogen and oxygen atoms in total. The number of pyridine rings is 1. The van der Waals surface area contributed by atoms with E-state index in [0.717, 1.165) is 76.7 Å². The molecule has 0 saturated carbocycles. The number of piperazine rings is 1. The van der Waals surface area contributed by atoms with Gasteiger partial charge in [-0.1, -0.05) is 18.9 Å². The highest BCUT2D eigenvalue weighted by atomic mass is 16.5. The second-order valence-corrected chi connectivity index (χ2v) is 6.64. The summed E-state index contributed by atoms with van der Waals surface area (Å²) in [6.07, 6.45) is 6.44. The van der Waals surface area contributed by atoms with Crippen LogP contribution in [0.3, 0.4) is 0 Å². The molecular formula is C20H33N5O2. The van der Waals surface area contributed by atoms with E-state index in [1.165, 1.54) is 7.11 Å². The standard InChI is InChI=1S/C20H33N5O2/c1-3-21-20(23-13-8-5-4-6-11-19(26)27-2)25-16-14-24(15-17-25)18-10-7-9-12-22-18/h7,9-10,12H,3-6,8,11,13-17H2,1-2H3,(H,21,23). The maximum atomic E-state index is 11.1. The molecule has 0 bridgehead atoms. The Hall–Kier alpha value is -2.31. The van der Waals surface area contributed by atoms with E-state index in [2.05, 4.69) is 37.8 Å². The van der Waals surface area contributed by atoms with Crippen LogP contribution in [0.2, 0.25) is 0 Å². The Morgan fingerprint density at radius 2 is 1.96 bits per heavy atom. The predicted molar refractivity (Wildman–Crippen MR) is 109 cm³/mol. The largest absolute Gasteiger partial charge is 0.469 e. The third-order valence-electron chi connectivity index (χ3n) is 4.67. The van der Waals surface area contributed by atoms with Crippen molar-refractivity contribution in [1.82, 2.24) is 15.2 Å². The number of hydrogen-bond donors (Lipinski definition) is 1. The van der Waals surface area contributed by atoms with Crippen molar-refractivity contribution in [3.05, 3.63) is 24.4 Å². The van der Waals surface area contributed by atoms with Crippen molar-refractivity contribution in [3.8, 4) is 0 Å². The van der Waals surface area contributed by atoms with Crippen molar-refractivity contribution in [3.63, 3.8) is 0 Å². The predicted octanol–water partition coefficient (Wildman–Crippen LogP) is 2.29. The SMILES string of the molecule is CCNC(=NCCCCCCC(=O)OC)N1CCN(c2ccccn2)CC1. The summed E-state index contributed by atoms with van der Waals surface area (Å²) in [4.78, 5) is 25.0. The fraction of sp³-hybridized carbons (Fsp3) is 0.650. The summed E-state index contributed by atoms with van der Waals surface area (Å²) in [5.74, 6) is 1.94. The molecule has 0 unspecified atom stereocenters. The maximum Gasteiger partial charge on any atom is 0.305 e. The van der Waals surface area contributed by atoms with Crippen molar-refractivity contribution in [1.29, 1.82) is 0 Å². The van der Waals surface area contributed by atoms with Crippen LogP contribution in [0.25, 0.3) is 0 Å². The molecule has 150 valence electrons. The Bertz CT molecular complexity index is 571. The van der Waals surface area contributed by atoms with Gasteiger partial charge in [0.1, 0.15) is 5.82 Å². The molecule has 0 amide bonds. The Kier molecular flexibility index (Phi) is 9.44. The zero-order chi connectivity index (χ0) is 19.3. The fourth-order valence-electron chi connectivity index (χ4n) is 3.14. The lowest BCUT2D eigenvalue weighted by Gasteiger charge is -2.37. The smallest absolute Gasteiger partial charge is 0.305 e. The van der Waals surface area contributed by atoms with Gasteiger partial charge in [-0.3, -0.25) is 9.79 Å². The van der Waals surface area contributed by atoms with Crippen LogP contribution in [-0.2, 0) is 9.53 Å². The zero-order valence-corrected chi connectivity index (χ0v) is 16.7. The Labute approximate surface area is 162 Å². The minimum atomic E-state index is -0.118. The number of carbonyl (C=O) groups is 1. The fourth-order valence-corrected chi connectivity index (χ4v) is 3.14. The second-order valence-electron chi connectivity index (χ2n) is 6.64. The first-order valence-electron chi connectivity index (χ1n) is 10.0. The number of methoxy groups -OCH3 is 1. The molecular weight excluding hydrogens is 342 g/mol. The van der Waals surface area contributed by atoms with E-state index in [-0.39, 0.29) is 5.97 Å². The van der Waals surface area contributed by atoms with Gasteiger partial charge in [-0.15, -0.1) is 0 Å². The first kappa shape index (κ1) is 21.0. The van der Waals surface area contributed by atoms with Crippen molar-refractivity contribution in [2.75, 3.05) is 51.3 Å². The van der Waals surface area contributed by atoms with Crippen molar-refractivity contribution < 1.29 is 9.53 Å². The molecule has 1 aromatic heterocycles. The van der Waals surface area contributed by atoms with Gasteiger partial charge in [0.25, 0.3) is 0 Å². The number of rotatable bonds is 9. The number of carbonyl (C=O) groups excluding carboxylic acids is 1. The molecule has 1 aliphatic heterocycles. The summed E-state index contributed by atoms with van der Waals surface area (Å²) in [5, 5.41) is 3.41. The van der Waals surface area contributed by atoms with Gasteiger partial charge in [0.05, 0.1) is 7.11 Å². The molecule has 0 aromatic carbocycles. The van der Waals surface area contributed by atoms with Crippen LogP contribution in [0.15, 0.2) is 29.4 Å². The summed E-state index contributed by atoms with van der Waals surface area (Å²) in [6, 6.07) is 6.05. The average Bonchev–Trinajstić information content (AvgIpc) is 2.73. The number of aromatic nitrogens is 1. The molecule has 27 heavy (non-hydrogen) atoms. The van der Waals surface area contributed by atoms with Crippen LogP contribution in [-0.4, -0.2) is 68.2 Å². The zero-order valence-electron chi connectivity index (χ0n) is 16.7. The van der Waals surface area contributed by atoms with Gasteiger partial charge in [0.15, 0.2) is 5.96 Å². The van der Waals surface area contributed by atoms with Crippen LogP contribution >= 0.6 is 0 Å². The van der Waals surface area contributed by atoms with Gasteiger partial charge in [0, 0.05) is 51.9 Å². The highest BCUT2D eigenvalue weighted by molar-refractivity contribution is 5.80. The van der Waals surface area contributed by atoms with Gasteiger partial charge >= 0.3 is 5.97 Å². The van der Waals surface area contributed by atoms with E-state index in [1.807, 2.05) is 18.3 Å². The van der Waals surface area contributed by atoms with Gasteiger partial charge in [-0.25, -0.2) is 4.98 Å². The topological polar surface area (TPSA) is 70.1 Å². The maximum absolute atomic E-state index is 11.1. The van der Waals surface area contributed by atoms with E-state index >= 15 is 0 Å². The van der Waals surface area contributed by atoms with Crippen LogP contribution in [0, 0.1) is 0 Å². The van der Waals surface area contributed by atoms with Gasteiger partial charge in [-0.05, 0) is 31.9 Å². The number of guanidine groups is 1. The number of ether oxygens (including phenoxy) is 1. The van der Waals surface area contributed by atoms with Crippen molar-refractivity contribution in [2.45, 2.75) is 39.0 Å². The quantitative estimate of drug-likeness (QED) is 0.309. The summed E-state index contributed by atoms with van der Waals surface area (Å²) in [7, 11) is 1.44. The van der Waals surface area contributed by atoms with Crippen molar-refractivity contribution >= 4 is 17.7 Å². The molecule has 7 heteroatoms. The van der Waals surface area contributed by atoms with Crippen molar-refractivity contribution in [2.24, 2.45) is 4.99 Å². The minimum absolute atomic E-state index is 0.118. The average molecular weight is 376 g/mol. The number of esters is 1. The molecule has 0 atom stereocenters. The number of nitrogens with one attached hydrogen (secondary N) is 1. The second kappa shape index (κ2) is 12.1. The van der Waals surface area contributed by atoms with Gasteiger partial charge < -0.3 is 19.9 Å². The molecule has 1 saturated heterocycles. The molecule has 1 aliphatic rings. The van der Waals surface area contributed by atoms with E-state index in [0.29, 0.717) is 6.42 Å².